The number of benzene rings is 1. The van der Waals surface area contributed by atoms with E-state index >= 15 is 0 Å². The van der Waals surface area contributed by atoms with E-state index in [1.807, 2.05) is 0 Å². The van der Waals surface area contributed by atoms with Crippen molar-refractivity contribution >= 4 is 17.2 Å². The zero-order valence-corrected chi connectivity index (χ0v) is 8.38. The van der Waals surface area contributed by atoms with Gasteiger partial charge in [-0.15, -0.1) is 13.2 Å². The minimum atomic E-state index is -4.68. The standard InChI is InChI=1S/C11H8F3NO/c1-2-7-8-5-3-4-6-9(8)15(10(7)16)11(12,13)14/h2-6H,1H3. The van der Waals surface area contributed by atoms with Gasteiger partial charge >= 0.3 is 6.30 Å². The fourth-order valence-electron chi connectivity index (χ4n) is 1.77. The summed E-state index contributed by atoms with van der Waals surface area (Å²) in [4.78, 5) is 11.5. The molecule has 0 unspecified atom stereocenters. The molecular formula is C11H8F3NO. The lowest BCUT2D eigenvalue weighted by Crippen LogP contribution is -2.40. The lowest BCUT2D eigenvalue weighted by Gasteiger charge is -2.19. The van der Waals surface area contributed by atoms with Crippen LogP contribution in [0.5, 0.6) is 0 Å². The predicted octanol–water partition coefficient (Wildman–Crippen LogP) is 2.96. The molecule has 0 radical (unpaired) electrons. The highest BCUT2D eigenvalue weighted by molar-refractivity contribution is 6.32. The Balaban J connectivity index is 2.65. The first-order valence-electron chi connectivity index (χ1n) is 4.64. The van der Waals surface area contributed by atoms with E-state index in [-0.39, 0.29) is 16.2 Å². The van der Waals surface area contributed by atoms with E-state index in [2.05, 4.69) is 0 Å². The van der Waals surface area contributed by atoms with Crippen LogP contribution in [0.3, 0.4) is 0 Å². The van der Waals surface area contributed by atoms with E-state index in [1.54, 1.807) is 13.0 Å². The van der Waals surface area contributed by atoms with Gasteiger partial charge in [-0.05, 0) is 13.0 Å². The van der Waals surface area contributed by atoms with Gasteiger partial charge in [0, 0.05) is 11.1 Å². The number of nitrogens with zero attached hydrogens (tertiary/aromatic N) is 1. The van der Waals surface area contributed by atoms with Gasteiger partial charge in [0.05, 0.1) is 5.69 Å². The third kappa shape index (κ3) is 1.39. The van der Waals surface area contributed by atoms with Crippen LogP contribution in [0.4, 0.5) is 18.9 Å². The van der Waals surface area contributed by atoms with E-state index in [0.29, 0.717) is 5.56 Å². The van der Waals surface area contributed by atoms with Crippen molar-refractivity contribution in [3.8, 4) is 0 Å². The van der Waals surface area contributed by atoms with Crippen molar-refractivity contribution in [2.75, 3.05) is 4.90 Å². The summed E-state index contributed by atoms with van der Waals surface area (Å²) < 4.78 is 38.0. The minimum Gasteiger partial charge on any atom is -0.268 e. The van der Waals surface area contributed by atoms with Crippen LogP contribution >= 0.6 is 0 Å². The summed E-state index contributed by atoms with van der Waals surface area (Å²) in [5.41, 5.74) is 0.313. The molecule has 2 rings (SSSR count). The average molecular weight is 227 g/mol. The number of carbonyl (C=O) groups excluding carboxylic acids is 1. The molecule has 0 aliphatic carbocycles. The van der Waals surface area contributed by atoms with Crippen molar-refractivity contribution in [1.29, 1.82) is 0 Å². The van der Waals surface area contributed by atoms with Gasteiger partial charge < -0.3 is 0 Å². The number of hydrogen-bond acceptors (Lipinski definition) is 1. The monoisotopic (exact) mass is 227 g/mol. The largest absolute Gasteiger partial charge is 0.491 e. The van der Waals surface area contributed by atoms with Crippen LogP contribution in [-0.4, -0.2) is 12.2 Å². The zero-order chi connectivity index (χ0) is 11.9. The minimum absolute atomic E-state index is 0.0907. The Labute approximate surface area is 90.0 Å². The van der Waals surface area contributed by atoms with Crippen LogP contribution in [0.25, 0.3) is 5.57 Å². The topological polar surface area (TPSA) is 20.3 Å². The smallest absolute Gasteiger partial charge is 0.268 e. The summed E-state index contributed by atoms with van der Waals surface area (Å²) in [7, 11) is 0. The van der Waals surface area contributed by atoms with Gasteiger partial charge in [0.15, 0.2) is 0 Å². The van der Waals surface area contributed by atoms with Crippen molar-refractivity contribution < 1.29 is 18.0 Å². The van der Waals surface area contributed by atoms with Gasteiger partial charge in [-0.3, -0.25) is 4.79 Å². The second-order valence-corrected chi connectivity index (χ2v) is 3.33. The normalized spacial score (nSPS) is 18.1. The molecule has 0 saturated carbocycles. The molecule has 0 aromatic heterocycles. The van der Waals surface area contributed by atoms with Crippen LogP contribution in [-0.2, 0) is 4.79 Å². The average Bonchev–Trinajstić information content (AvgIpc) is 2.48. The van der Waals surface area contributed by atoms with Gasteiger partial charge in [-0.1, -0.05) is 24.3 Å². The van der Waals surface area contributed by atoms with Crippen molar-refractivity contribution in [3.63, 3.8) is 0 Å². The zero-order valence-electron chi connectivity index (χ0n) is 8.38. The number of halogens is 3. The number of anilines is 1. The van der Waals surface area contributed by atoms with Crippen molar-refractivity contribution in [1.82, 2.24) is 0 Å². The summed E-state index contributed by atoms with van der Waals surface area (Å²) in [5.74, 6) is -1.02. The maximum Gasteiger partial charge on any atom is 0.491 e. The third-order valence-corrected chi connectivity index (χ3v) is 2.41. The Morgan fingerprint density at radius 2 is 1.88 bits per heavy atom. The van der Waals surface area contributed by atoms with Gasteiger partial charge in [0.25, 0.3) is 5.91 Å². The first-order valence-corrected chi connectivity index (χ1v) is 4.64. The molecule has 1 heterocycles. The van der Waals surface area contributed by atoms with E-state index in [4.69, 9.17) is 0 Å². The molecule has 0 fully saturated rings. The van der Waals surface area contributed by atoms with Crippen molar-refractivity contribution in [3.05, 3.63) is 35.9 Å². The Hall–Kier alpha value is -1.78. The number of alkyl halides is 3. The van der Waals surface area contributed by atoms with Crippen LogP contribution < -0.4 is 4.90 Å². The summed E-state index contributed by atoms with van der Waals surface area (Å²) >= 11 is 0. The molecular weight excluding hydrogens is 219 g/mol. The fourth-order valence-corrected chi connectivity index (χ4v) is 1.77. The highest BCUT2D eigenvalue weighted by Crippen LogP contribution is 2.42. The lowest BCUT2D eigenvalue weighted by molar-refractivity contribution is -0.145. The van der Waals surface area contributed by atoms with E-state index in [9.17, 15) is 18.0 Å². The Kier molecular flexibility index (Phi) is 2.26. The first kappa shape index (κ1) is 10.7. The van der Waals surface area contributed by atoms with Crippen LogP contribution in [0.2, 0.25) is 0 Å². The number of hydrogen-bond donors (Lipinski definition) is 0. The highest BCUT2D eigenvalue weighted by atomic mass is 19.4. The number of allylic oxidation sites excluding steroid dienone is 1. The molecule has 0 N–H and O–H groups in total. The molecule has 5 heteroatoms. The van der Waals surface area contributed by atoms with E-state index in [1.165, 1.54) is 24.3 Å². The molecule has 0 atom stereocenters. The summed E-state index contributed by atoms with van der Waals surface area (Å²) in [5, 5.41) is 0. The molecule has 0 spiro atoms. The first-order chi connectivity index (χ1) is 7.46. The molecule has 84 valence electrons. The molecule has 2 nitrogen and oxygen atoms in total. The van der Waals surface area contributed by atoms with Gasteiger partial charge in [0.2, 0.25) is 0 Å². The Morgan fingerprint density at radius 1 is 1.25 bits per heavy atom. The summed E-state index contributed by atoms with van der Waals surface area (Å²) in [6.07, 6.45) is -3.29. The molecule has 16 heavy (non-hydrogen) atoms. The number of para-hydroxylation sites is 1. The Morgan fingerprint density at radius 3 is 2.44 bits per heavy atom. The number of fused-ring (bicyclic) bond motifs is 1. The predicted molar refractivity (Wildman–Crippen MR) is 53.6 cm³/mol. The quantitative estimate of drug-likeness (QED) is 0.493. The maximum atomic E-state index is 12.7. The van der Waals surface area contributed by atoms with E-state index in [0.717, 1.165) is 0 Å². The van der Waals surface area contributed by atoms with Crippen LogP contribution in [0, 0.1) is 0 Å². The van der Waals surface area contributed by atoms with Crippen molar-refractivity contribution in [2.45, 2.75) is 13.2 Å². The highest BCUT2D eigenvalue weighted by Gasteiger charge is 2.48. The third-order valence-electron chi connectivity index (χ3n) is 2.41. The fraction of sp³-hybridized carbons (Fsp3) is 0.182. The maximum absolute atomic E-state index is 12.7. The number of amides is 1. The van der Waals surface area contributed by atoms with Gasteiger partial charge in [0.1, 0.15) is 0 Å². The van der Waals surface area contributed by atoms with Gasteiger partial charge in [-0.25, -0.2) is 4.90 Å². The SMILES string of the molecule is CC=C1C(=O)N(C(F)(F)F)c2ccccc21. The Bertz CT molecular complexity index is 476. The number of rotatable bonds is 0. The molecule has 0 bridgehead atoms. The van der Waals surface area contributed by atoms with Gasteiger partial charge in [-0.2, -0.15) is 0 Å². The summed E-state index contributed by atoms with van der Waals surface area (Å²) in [6, 6.07) is 5.88. The molecule has 0 saturated heterocycles. The molecule has 1 aliphatic heterocycles. The molecule has 1 aromatic rings. The molecule has 1 aliphatic rings. The molecule has 1 amide bonds. The summed E-state index contributed by atoms with van der Waals surface area (Å²) in [6.45, 7) is 1.55. The van der Waals surface area contributed by atoms with Crippen LogP contribution in [0.1, 0.15) is 12.5 Å². The van der Waals surface area contributed by atoms with E-state index < -0.39 is 12.2 Å². The van der Waals surface area contributed by atoms with Crippen LogP contribution in [0.15, 0.2) is 30.3 Å². The van der Waals surface area contributed by atoms with Crippen molar-refractivity contribution in [2.24, 2.45) is 0 Å². The number of carbonyl (C=O) groups is 1. The second-order valence-electron chi connectivity index (χ2n) is 3.33. The lowest BCUT2D eigenvalue weighted by atomic mass is 10.1. The molecule has 1 aromatic carbocycles. The second kappa shape index (κ2) is 3.37.